The molecule has 2 atom stereocenters. The van der Waals surface area contributed by atoms with Crippen molar-refractivity contribution < 1.29 is 24.2 Å². The van der Waals surface area contributed by atoms with Crippen LogP contribution in [0.1, 0.15) is 89.5 Å². The van der Waals surface area contributed by atoms with Gasteiger partial charge >= 0.3 is 6.09 Å². The van der Waals surface area contributed by atoms with Gasteiger partial charge in [-0.1, -0.05) is 51.3 Å². The van der Waals surface area contributed by atoms with E-state index < -0.39 is 36.3 Å². The molecule has 0 saturated heterocycles. The first kappa shape index (κ1) is 30.4. The monoisotopic (exact) mass is 491 g/mol. The predicted molar refractivity (Wildman–Crippen MR) is 138 cm³/mol. The Balaban J connectivity index is 3.39. The topological polar surface area (TPSA) is 108 Å². The Morgan fingerprint density at radius 2 is 1.63 bits per heavy atom. The molecule has 0 heterocycles. The van der Waals surface area contributed by atoms with Crippen LogP contribution >= 0.6 is 0 Å². The SMILES string of the molecule is CCCCCNC(=O)C(c1c(C)cccc1C)N(CCCC)C(=O)C(CO)NC(=O)OC(C)(C)C. The summed E-state index contributed by atoms with van der Waals surface area (Å²) in [5, 5.41) is 15.5. The van der Waals surface area contributed by atoms with Crippen LogP contribution in [-0.2, 0) is 14.3 Å². The van der Waals surface area contributed by atoms with Crippen molar-refractivity contribution in [3.05, 3.63) is 34.9 Å². The molecule has 0 spiro atoms. The second kappa shape index (κ2) is 14.7. The zero-order chi connectivity index (χ0) is 26.6. The Morgan fingerprint density at radius 3 is 2.14 bits per heavy atom. The standard InChI is InChI=1S/C27H45N3O5/c1-8-10-12-16-28-24(32)23(22-19(3)14-13-15-20(22)4)30(17-11-9-2)25(33)21(18-31)29-26(34)35-27(5,6)7/h13-15,21,23,31H,8-12,16-18H2,1-7H3,(H,28,32)(H,29,34). The van der Waals surface area contributed by atoms with Gasteiger partial charge in [-0.05, 0) is 64.2 Å². The molecule has 3 N–H and O–H groups in total. The fraction of sp³-hybridized carbons (Fsp3) is 0.667. The third kappa shape index (κ3) is 9.88. The predicted octanol–water partition coefficient (Wildman–Crippen LogP) is 4.17. The fourth-order valence-electron chi connectivity index (χ4n) is 3.90. The number of benzene rings is 1. The molecular formula is C27H45N3O5. The highest BCUT2D eigenvalue weighted by molar-refractivity contribution is 5.92. The van der Waals surface area contributed by atoms with E-state index in [9.17, 15) is 19.5 Å². The van der Waals surface area contributed by atoms with Crippen LogP contribution in [0.5, 0.6) is 0 Å². The number of hydrogen-bond acceptors (Lipinski definition) is 5. The summed E-state index contributed by atoms with van der Waals surface area (Å²) >= 11 is 0. The second-order valence-electron chi connectivity index (χ2n) is 9.97. The third-order valence-corrected chi connectivity index (χ3v) is 5.66. The van der Waals surface area contributed by atoms with Crippen molar-refractivity contribution in [3.63, 3.8) is 0 Å². The number of carbonyl (C=O) groups is 3. The van der Waals surface area contributed by atoms with Crippen molar-refractivity contribution >= 4 is 17.9 Å². The summed E-state index contributed by atoms with van der Waals surface area (Å²) in [6, 6.07) is 3.64. The number of aliphatic hydroxyl groups excluding tert-OH is 1. The maximum atomic E-state index is 13.7. The lowest BCUT2D eigenvalue weighted by atomic mass is 9.93. The molecule has 0 radical (unpaired) electrons. The van der Waals surface area contributed by atoms with Gasteiger partial charge in [0.05, 0.1) is 6.61 Å². The van der Waals surface area contributed by atoms with E-state index in [1.807, 2.05) is 39.0 Å². The number of rotatable bonds is 13. The first-order valence-electron chi connectivity index (χ1n) is 12.7. The van der Waals surface area contributed by atoms with Crippen molar-refractivity contribution in [2.24, 2.45) is 0 Å². The summed E-state index contributed by atoms with van der Waals surface area (Å²) < 4.78 is 5.28. The van der Waals surface area contributed by atoms with E-state index in [1.54, 1.807) is 20.8 Å². The van der Waals surface area contributed by atoms with Gasteiger partial charge in [0.25, 0.3) is 0 Å². The smallest absolute Gasteiger partial charge is 0.408 e. The number of unbranched alkanes of at least 4 members (excludes halogenated alkanes) is 3. The summed E-state index contributed by atoms with van der Waals surface area (Å²) in [5.74, 6) is -0.792. The Hall–Kier alpha value is -2.61. The average molecular weight is 492 g/mol. The minimum absolute atomic E-state index is 0.267. The summed E-state index contributed by atoms with van der Waals surface area (Å²) in [7, 11) is 0. The Kier molecular flexibility index (Phi) is 12.8. The number of alkyl carbamates (subject to hydrolysis) is 1. The Bertz CT molecular complexity index is 814. The van der Waals surface area contributed by atoms with Crippen molar-refractivity contribution in [2.45, 2.75) is 98.3 Å². The molecule has 0 aliphatic heterocycles. The van der Waals surface area contributed by atoms with E-state index in [0.717, 1.165) is 42.4 Å². The van der Waals surface area contributed by atoms with E-state index in [-0.39, 0.29) is 5.91 Å². The molecule has 3 amide bonds. The lowest BCUT2D eigenvalue weighted by molar-refractivity contribution is -0.143. The van der Waals surface area contributed by atoms with Gasteiger partial charge in [-0.25, -0.2) is 4.79 Å². The molecule has 8 nitrogen and oxygen atoms in total. The Labute approximate surface area is 210 Å². The van der Waals surface area contributed by atoms with E-state index in [1.165, 1.54) is 4.90 Å². The van der Waals surface area contributed by atoms with Crippen LogP contribution in [0, 0.1) is 13.8 Å². The molecule has 1 aromatic carbocycles. The van der Waals surface area contributed by atoms with Gasteiger partial charge in [-0.3, -0.25) is 9.59 Å². The number of aliphatic hydroxyl groups is 1. The van der Waals surface area contributed by atoms with Crippen LogP contribution in [0.25, 0.3) is 0 Å². The highest BCUT2D eigenvalue weighted by atomic mass is 16.6. The summed E-state index contributed by atoms with van der Waals surface area (Å²) in [6.07, 6.45) is 3.56. The van der Waals surface area contributed by atoms with Crippen molar-refractivity contribution in [1.29, 1.82) is 0 Å². The summed E-state index contributed by atoms with van der Waals surface area (Å²) in [6.45, 7) is 13.3. The van der Waals surface area contributed by atoms with Crippen molar-refractivity contribution in [3.8, 4) is 0 Å². The zero-order valence-corrected chi connectivity index (χ0v) is 22.6. The number of nitrogens with one attached hydrogen (secondary N) is 2. The maximum absolute atomic E-state index is 13.7. The van der Waals surface area contributed by atoms with E-state index in [0.29, 0.717) is 19.5 Å². The van der Waals surface area contributed by atoms with E-state index in [2.05, 4.69) is 17.6 Å². The van der Waals surface area contributed by atoms with Gasteiger partial charge in [0.1, 0.15) is 17.7 Å². The van der Waals surface area contributed by atoms with Gasteiger partial charge in [-0.2, -0.15) is 0 Å². The van der Waals surface area contributed by atoms with Crippen LogP contribution in [0.2, 0.25) is 0 Å². The largest absolute Gasteiger partial charge is 0.444 e. The molecule has 1 rings (SSSR count). The fourth-order valence-corrected chi connectivity index (χ4v) is 3.90. The van der Waals surface area contributed by atoms with Gasteiger partial charge in [0.2, 0.25) is 11.8 Å². The molecule has 1 aromatic rings. The molecule has 0 aromatic heterocycles. The van der Waals surface area contributed by atoms with Crippen LogP contribution in [0.15, 0.2) is 18.2 Å². The van der Waals surface area contributed by atoms with Gasteiger partial charge in [0, 0.05) is 13.1 Å². The molecule has 0 aliphatic carbocycles. The summed E-state index contributed by atoms with van der Waals surface area (Å²) in [5.41, 5.74) is 1.80. The molecule has 0 aliphatic rings. The molecule has 2 unspecified atom stereocenters. The van der Waals surface area contributed by atoms with Gasteiger partial charge in [0.15, 0.2) is 0 Å². The van der Waals surface area contributed by atoms with Gasteiger partial charge < -0.3 is 25.4 Å². The third-order valence-electron chi connectivity index (χ3n) is 5.66. The highest BCUT2D eigenvalue weighted by Crippen LogP contribution is 2.29. The lowest BCUT2D eigenvalue weighted by Gasteiger charge is -2.35. The van der Waals surface area contributed by atoms with Crippen LogP contribution < -0.4 is 10.6 Å². The molecular weight excluding hydrogens is 446 g/mol. The van der Waals surface area contributed by atoms with E-state index in [4.69, 9.17) is 4.74 Å². The maximum Gasteiger partial charge on any atom is 0.408 e. The number of amides is 3. The molecule has 198 valence electrons. The quantitative estimate of drug-likeness (QED) is 0.359. The first-order valence-corrected chi connectivity index (χ1v) is 12.7. The minimum Gasteiger partial charge on any atom is -0.444 e. The molecule has 35 heavy (non-hydrogen) atoms. The molecule has 8 heteroatoms. The Morgan fingerprint density at radius 1 is 1.03 bits per heavy atom. The average Bonchev–Trinajstić information content (AvgIpc) is 2.77. The number of ether oxygens (including phenoxy) is 1. The number of hydrogen-bond donors (Lipinski definition) is 3. The van der Waals surface area contributed by atoms with E-state index >= 15 is 0 Å². The minimum atomic E-state index is -1.23. The van der Waals surface area contributed by atoms with Crippen molar-refractivity contribution in [1.82, 2.24) is 15.5 Å². The number of nitrogens with zero attached hydrogens (tertiary/aromatic N) is 1. The molecule has 0 bridgehead atoms. The lowest BCUT2D eigenvalue weighted by Crippen LogP contribution is -2.54. The number of carbonyl (C=O) groups excluding carboxylic acids is 3. The van der Waals surface area contributed by atoms with Crippen LogP contribution in [0.4, 0.5) is 4.79 Å². The molecule has 0 saturated carbocycles. The van der Waals surface area contributed by atoms with Gasteiger partial charge in [-0.15, -0.1) is 0 Å². The number of aryl methyl sites for hydroxylation is 2. The van der Waals surface area contributed by atoms with Crippen LogP contribution in [0.3, 0.4) is 0 Å². The highest BCUT2D eigenvalue weighted by Gasteiger charge is 2.37. The summed E-state index contributed by atoms with van der Waals surface area (Å²) in [4.78, 5) is 41.1. The first-order chi connectivity index (χ1) is 16.5. The molecule has 0 fully saturated rings. The normalized spacial score (nSPS) is 13.0. The van der Waals surface area contributed by atoms with Crippen molar-refractivity contribution in [2.75, 3.05) is 19.7 Å². The zero-order valence-electron chi connectivity index (χ0n) is 22.6. The second-order valence-corrected chi connectivity index (χ2v) is 9.97. The van der Waals surface area contributed by atoms with Crippen LogP contribution in [-0.4, -0.2) is 59.3 Å².